The van der Waals surface area contributed by atoms with Crippen molar-refractivity contribution in [3.05, 3.63) is 28.2 Å². The summed E-state index contributed by atoms with van der Waals surface area (Å²) < 4.78 is 22.7. The second kappa shape index (κ2) is 3.67. The highest BCUT2D eigenvalue weighted by Gasteiger charge is 2.05. The van der Waals surface area contributed by atoms with Crippen LogP contribution in [0.2, 0.25) is 0 Å². The van der Waals surface area contributed by atoms with Gasteiger partial charge in [0.2, 0.25) is 0 Å². The molecule has 5 heteroatoms. The van der Waals surface area contributed by atoms with Crippen LogP contribution in [0.5, 0.6) is 0 Å². The maximum absolute atomic E-state index is 10.9. The van der Waals surface area contributed by atoms with Crippen LogP contribution in [-0.4, -0.2) is 14.7 Å². The number of benzene rings is 1. The molecule has 1 rings (SSSR count). The van der Waals surface area contributed by atoms with Gasteiger partial charge in [-0.1, -0.05) is 6.07 Å². The second-order valence-corrected chi connectivity index (χ2v) is 5.92. The Morgan fingerprint density at radius 1 is 1.46 bits per heavy atom. The number of nitrogen functional groups attached to an aromatic ring is 1. The average molecular weight is 264 g/mol. The van der Waals surface area contributed by atoms with Crippen LogP contribution >= 0.6 is 15.9 Å². The normalized spacial score (nSPS) is 11.5. The third-order valence-electron chi connectivity index (χ3n) is 1.49. The number of anilines is 1. The van der Waals surface area contributed by atoms with E-state index in [1.165, 1.54) is 6.26 Å². The van der Waals surface area contributed by atoms with Crippen molar-refractivity contribution in [1.29, 1.82) is 0 Å². The molecule has 0 aromatic heterocycles. The van der Waals surface area contributed by atoms with Gasteiger partial charge in [0.05, 0.1) is 5.75 Å². The van der Waals surface area contributed by atoms with E-state index in [-0.39, 0.29) is 5.75 Å². The molecule has 0 saturated carbocycles. The van der Waals surface area contributed by atoms with Crippen LogP contribution in [0, 0.1) is 0 Å². The summed E-state index contributed by atoms with van der Waals surface area (Å²) in [7, 11) is -2.98. The maximum atomic E-state index is 10.9. The van der Waals surface area contributed by atoms with Gasteiger partial charge in [-0.05, 0) is 33.6 Å². The third-order valence-corrected chi connectivity index (χ3v) is 3.07. The van der Waals surface area contributed by atoms with Crippen LogP contribution in [0.15, 0.2) is 22.7 Å². The average Bonchev–Trinajstić information content (AvgIpc) is 1.94. The standard InChI is InChI=1S/C8H10BrNO2S/c1-13(11,12)5-6-2-3-7(9)8(10)4-6/h2-4H,5,10H2,1H3. The molecule has 13 heavy (non-hydrogen) atoms. The molecule has 0 aliphatic rings. The summed E-state index contributed by atoms with van der Waals surface area (Å²) in [4.78, 5) is 0. The predicted molar refractivity (Wildman–Crippen MR) is 57.1 cm³/mol. The van der Waals surface area contributed by atoms with E-state index in [9.17, 15) is 8.42 Å². The van der Waals surface area contributed by atoms with E-state index < -0.39 is 9.84 Å². The van der Waals surface area contributed by atoms with Gasteiger partial charge in [-0.15, -0.1) is 0 Å². The van der Waals surface area contributed by atoms with Crippen molar-refractivity contribution in [1.82, 2.24) is 0 Å². The SMILES string of the molecule is CS(=O)(=O)Cc1ccc(Br)c(N)c1. The minimum Gasteiger partial charge on any atom is -0.398 e. The molecule has 0 fully saturated rings. The van der Waals surface area contributed by atoms with Crippen LogP contribution in [0.25, 0.3) is 0 Å². The van der Waals surface area contributed by atoms with Gasteiger partial charge in [0.25, 0.3) is 0 Å². The first-order valence-electron chi connectivity index (χ1n) is 3.60. The summed E-state index contributed by atoms with van der Waals surface area (Å²) in [6, 6.07) is 5.14. The van der Waals surface area contributed by atoms with E-state index >= 15 is 0 Å². The maximum Gasteiger partial charge on any atom is 0.151 e. The quantitative estimate of drug-likeness (QED) is 0.825. The van der Waals surface area contributed by atoms with Gasteiger partial charge >= 0.3 is 0 Å². The van der Waals surface area contributed by atoms with Crippen LogP contribution < -0.4 is 5.73 Å². The predicted octanol–water partition coefficient (Wildman–Crippen LogP) is 1.58. The van der Waals surface area contributed by atoms with Gasteiger partial charge in [0, 0.05) is 16.4 Å². The first-order valence-corrected chi connectivity index (χ1v) is 6.45. The topological polar surface area (TPSA) is 60.2 Å². The fourth-order valence-corrected chi connectivity index (χ4v) is 2.02. The van der Waals surface area contributed by atoms with E-state index in [2.05, 4.69) is 15.9 Å². The Balaban J connectivity index is 2.99. The highest BCUT2D eigenvalue weighted by molar-refractivity contribution is 9.10. The van der Waals surface area contributed by atoms with Crippen LogP contribution in [0.4, 0.5) is 5.69 Å². The lowest BCUT2D eigenvalue weighted by Crippen LogP contribution is -2.01. The molecule has 0 aliphatic carbocycles. The Morgan fingerprint density at radius 2 is 2.08 bits per heavy atom. The van der Waals surface area contributed by atoms with Crippen molar-refractivity contribution in [2.24, 2.45) is 0 Å². The highest BCUT2D eigenvalue weighted by Crippen LogP contribution is 2.20. The molecule has 0 unspecified atom stereocenters. The van der Waals surface area contributed by atoms with Crippen molar-refractivity contribution in [2.45, 2.75) is 5.75 Å². The molecule has 1 aromatic carbocycles. The lowest BCUT2D eigenvalue weighted by atomic mass is 10.2. The summed E-state index contributed by atoms with van der Waals surface area (Å²) in [5, 5.41) is 0. The van der Waals surface area contributed by atoms with E-state index in [0.29, 0.717) is 11.3 Å². The molecule has 0 bridgehead atoms. The van der Waals surface area contributed by atoms with E-state index in [0.717, 1.165) is 4.47 Å². The number of hydrogen-bond donors (Lipinski definition) is 1. The molecule has 0 amide bonds. The molecule has 0 aliphatic heterocycles. The molecule has 0 saturated heterocycles. The number of sulfone groups is 1. The fourth-order valence-electron chi connectivity index (χ4n) is 0.986. The number of nitrogens with two attached hydrogens (primary N) is 1. The van der Waals surface area contributed by atoms with Crippen LogP contribution in [-0.2, 0) is 15.6 Å². The zero-order valence-corrected chi connectivity index (χ0v) is 9.52. The molecule has 3 nitrogen and oxygen atoms in total. The number of hydrogen-bond acceptors (Lipinski definition) is 3. The van der Waals surface area contributed by atoms with Crippen LogP contribution in [0.3, 0.4) is 0 Å². The first-order chi connectivity index (χ1) is 5.88. The van der Waals surface area contributed by atoms with E-state index in [1.54, 1.807) is 18.2 Å². The number of halogens is 1. The summed E-state index contributed by atoms with van der Waals surface area (Å²) >= 11 is 3.23. The van der Waals surface area contributed by atoms with Gasteiger partial charge in [-0.2, -0.15) is 0 Å². The molecule has 72 valence electrons. The molecule has 2 N–H and O–H groups in total. The highest BCUT2D eigenvalue weighted by atomic mass is 79.9. The molecule has 0 radical (unpaired) electrons. The van der Waals surface area contributed by atoms with Crippen molar-refractivity contribution in [2.75, 3.05) is 12.0 Å². The molecular formula is C8H10BrNO2S. The molecule has 0 atom stereocenters. The Hall–Kier alpha value is -0.550. The minimum atomic E-state index is -2.98. The smallest absolute Gasteiger partial charge is 0.151 e. The van der Waals surface area contributed by atoms with Crippen molar-refractivity contribution in [3.8, 4) is 0 Å². The largest absolute Gasteiger partial charge is 0.398 e. The van der Waals surface area contributed by atoms with Gasteiger partial charge in [-0.25, -0.2) is 8.42 Å². The monoisotopic (exact) mass is 263 g/mol. The Labute approximate surface area is 86.0 Å². The Kier molecular flexibility index (Phi) is 2.98. The summed E-state index contributed by atoms with van der Waals surface area (Å²) in [6.07, 6.45) is 1.20. The van der Waals surface area contributed by atoms with Crippen molar-refractivity contribution < 1.29 is 8.42 Å². The van der Waals surface area contributed by atoms with Crippen LogP contribution in [0.1, 0.15) is 5.56 Å². The summed E-state index contributed by atoms with van der Waals surface area (Å²) in [6.45, 7) is 0. The molecule has 0 heterocycles. The third kappa shape index (κ3) is 3.36. The first kappa shape index (κ1) is 10.5. The van der Waals surface area contributed by atoms with E-state index in [1.807, 2.05) is 0 Å². The zero-order valence-electron chi connectivity index (χ0n) is 7.12. The molecule has 0 spiro atoms. The van der Waals surface area contributed by atoms with Crippen molar-refractivity contribution >= 4 is 31.5 Å². The van der Waals surface area contributed by atoms with Crippen molar-refractivity contribution in [3.63, 3.8) is 0 Å². The van der Waals surface area contributed by atoms with Gasteiger partial charge < -0.3 is 5.73 Å². The van der Waals surface area contributed by atoms with Gasteiger partial charge in [-0.3, -0.25) is 0 Å². The number of rotatable bonds is 2. The second-order valence-electron chi connectivity index (χ2n) is 2.93. The molecule has 1 aromatic rings. The summed E-state index contributed by atoms with van der Waals surface area (Å²) in [5.74, 6) is 0.0322. The van der Waals surface area contributed by atoms with Gasteiger partial charge in [0.1, 0.15) is 0 Å². The lowest BCUT2D eigenvalue weighted by Gasteiger charge is -2.02. The van der Waals surface area contributed by atoms with E-state index in [4.69, 9.17) is 5.73 Å². The Bertz CT molecular complexity index is 414. The minimum absolute atomic E-state index is 0.0322. The Morgan fingerprint density at radius 3 is 2.54 bits per heavy atom. The lowest BCUT2D eigenvalue weighted by molar-refractivity contribution is 0.601. The fraction of sp³-hybridized carbons (Fsp3) is 0.250. The molecular weight excluding hydrogens is 254 g/mol. The summed E-state index contributed by atoms with van der Waals surface area (Å²) in [5.41, 5.74) is 6.87. The zero-order chi connectivity index (χ0) is 10.1. The van der Waals surface area contributed by atoms with Gasteiger partial charge in [0.15, 0.2) is 9.84 Å².